The Morgan fingerprint density at radius 3 is 3.25 bits per heavy atom. The highest BCUT2D eigenvalue weighted by Crippen LogP contribution is 2.21. The molecule has 4 rings (SSSR count). The molecule has 2 N–H and O–H groups in total. The molecule has 1 atom stereocenters. The minimum Gasteiger partial charge on any atom is -0.365 e. The molecule has 4 heterocycles. The predicted octanol–water partition coefficient (Wildman–Crippen LogP) is 0.427. The van der Waals surface area contributed by atoms with Gasteiger partial charge in [0.1, 0.15) is 12.1 Å². The molecule has 0 aliphatic carbocycles. The van der Waals surface area contributed by atoms with Gasteiger partial charge >= 0.3 is 0 Å². The summed E-state index contributed by atoms with van der Waals surface area (Å²) in [7, 11) is 0. The summed E-state index contributed by atoms with van der Waals surface area (Å²) < 4.78 is 4.77. The van der Waals surface area contributed by atoms with Crippen LogP contribution in [-0.2, 0) is 0 Å². The number of fused-ring (bicyclic) bond motifs is 1. The van der Waals surface area contributed by atoms with Gasteiger partial charge in [-0.15, -0.1) is 0 Å². The van der Waals surface area contributed by atoms with Crippen molar-refractivity contribution in [1.82, 2.24) is 30.3 Å². The van der Waals surface area contributed by atoms with E-state index in [0.717, 1.165) is 36.4 Å². The molecule has 9 nitrogen and oxygen atoms in total. The minimum absolute atomic E-state index is 0.279. The molecule has 0 aromatic carbocycles. The van der Waals surface area contributed by atoms with E-state index in [1.807, 2.05) is 0 Å². The van der Waals surface area contributed by atoms with E-state index in [2.05, 4.69) is 40.5 Å². The van der Waals surface area contributed by atoms with Crippen molar-refractivity contribution in [3.05, 3.63) is 18.9 Å². The summed E-state index contributed by atoms with van der Waals surface area (Å²) in [4.78, 5) is 14.5. The maximum atomic E-state index is 4.77. The normalized spacial score (nSPS) is 18.8. The second-order valence-corrected chi connectivity index (χ2v) is 4.66. The van der Waals surface area contributed by atoms with Gasteiger partial charge in [0.2, 0.25) is 6.39 Å². The smallest absolute Gasteiger partial charge is 0.265 e. The van der Waals surface area contributed by atoms with Crippen molar-refractivity contribution in [2.24, 2.45) is 0 Å². The quantitative estimate of drug-likeness (QED) is 0.706. The number of anilines is 2. The summed E-state index contributed by atoms with van der Waals surface area (Å²) >= 11 is 0. The van der Waals surface area contributed by atoms with Crippen LogP contribution in [0.4, 0.5) is 11.8 Å². The Morgan fingerprint density at radius 1 is 1.35 bits per heavy atom. The zero-order valence-electron chi connectivity index (χ0n) is 10.5. The summed E-state index contributed by atoms with van der Waals surface area (Å²) in [5.74, 6) is 1.43. The standard InChI is InChI=1S/C11H12N8O/c1-2-19(11-14-6-20-18-11)4-7(1)16-9-8-3-15-17-10(8)13-5-12-9/h3,5-7H,1-2,4H2,(H2,12,13,15,16,17). The van der Waals surface area contributed by atoms with Gasteiger partial charge in [-0.05, 0) is 11.6 Å². The van der Waals surface area contributed by atoms with Crippen LogP contribution >= 0.6 is 0 Å². The van der Waals surface area contributed by atoms with Gasteiger partial charge < -0.3 is 14.7 Å². The maximum absolute atomic E-state index is 4.77. The molecular formula is C11H12N8O. The molecule has 1 aliphatic heterocycles. The van der Waals surface area contributed by atoms with E-state index in [1.165, 1.54) is 12.7 Å². The van der Waals surface area contributed by atoms with Crippen LogP contribution in [0.25, 0.3) is 11.0 Å². The van der Waals surface area contributed by atoms with Gasteiger partial charge in [0.05, 0.1) is 11.6 Å². The van der Waals surface area contributed by atoms with Gasteiger partial charge in [-0.2, -0.15) is 10.1 Å². The molecule has 1 aliphatic rings. The van der Waals surface area contributed by atoms with Gasteiger partial charge in [-0.3, -0.25) is 5.10 Å². The molecule has 3 aromatic rings. The van der Waals surface area contributed by atoms with Crippen LogP contribution in [0.2, 0.25) is 0 Å². The Labute approximate surface area is 113 Å². The van der Waals surface area contributed by atoms with E-state index >= 15 is 0 Å². The molecule has 0 amide bonds. The third kappa shape index (κ3) is 1.83. The van der Waals surface area contributed by atoms with Crippen LogP contribution in [0.5, 0.6) is 0 Å². The number of aromatic nitrogens is 6. The van der Waals surface area contributed by atoms with Crippen LogP contribution in [0.1, 0.15) is 6.42 Å². The molecule has 0 radical (unpaired) electrons. The summed E-state index contributed by atoms with van der Waals surface area (Å²) in [5.41, 5.74) is 0.732. The number of rotatable bonds is 3. The highest BCUT2D eigenvalue weighted by Gasteiger charge is 2.25. The first-order valence-electron chi connectivity index (χ1n) is 6.32. The Morgan fingerprint density at radius 2 is 2.35 bits per heavy atom. The summed E-state index contributed by atoms with van der Waals surface area (Å²) in [6, 6.07) is 0.279. The molecule has 1 fully saturated rings. The summed E-state index contributed by atoms with van der Waals surface area (Å²) in [5, 5.41) is 15.0. The van der Waals surface area contributed by atoms with Crippen LogP contribution in [0.15, 0.2) is 23.4 Å². The lowest BCUT2D eigenvalue weighted by Gasteiger charge is -2.15. The highest BCUT2D eigenvalue weighted by molar-refractivity contribution is 5.85. The average Bonchev–Trinajstić information content (AvgIpc) is 3.20. The molecule has 0 spiro atoms. The Bertz CT molecular complexity index is 708. The number of hydrogen-bond donors (Lipinski definition) is 2. The van der Waals surface area contributed by atoms with Gasteiger partial charge in [-0.25, -0.2) is 9.97 Å². The number of H-pyrrole nitrogens is 1. The van der Waals surface area contributed by atoms with E-state index in [0.29, 0.717) is 5.95 Å². The number of hydrogen-bond acceptors (Lipinski definition) is 8. The van der Waals surface area contributed by atoms with Crippen molar-refractivity contribution < 1.29 is 4.52 Å². The topological polar surface area (TPSA) is 109 Å². The van der Waals surface area contributed by atoms with Crippen LogP contribution in [-0.4, -0.2) is 49.4 Å². The van der Waals surface area contributed by atoms with Crippen LogP contribution in [0.3, 0.4) is 0 Å². The largest absolute Gasteiger partial charge is 0.365 e. The Kier molecular flexibility index (Phi) is 2.47. The lowest BCUT2D eigenvalue weighted by Crippen LogP contribution is -2.27. The average molecular weight is 272 g/mol. The first-order chi connectivity index (χ1) is 9.90. The number of nitrogens with zero attached hydrogens (tertiary/aromatic N) is 6. The Hall–Kier alpha value is -2.71. The third-order valence-corrected chi connectivity index (χ3v) is 3.41. The molecule has 20 heavy (non-hydrogen) atoms. The number of nitrogens with one attached hydrogen (secondary N) is 2. The molecule has 1 unspecified atom stereocenters. The van der Waals surface area contributed by atoms with E-state index in [4.69, 9.17) is 4.52 Å². The van der Waals surface area contributed by atoms with E-state index in [9.17, 15) is 0 Å². The zero-order valence-corrected chi connectivity index (χ0v) is 10.5. The first-order valence-corrected chi connectivity index (χ1v) is 6.32. The summed E-state index contributed by atoms with van der Waals surface area (Å²) in [6.45, 7) is 1.69. The molecule has 9 heteroatoms. The van der Waals surface area contributed by atoms with E-state index in [-0.39, 0.29) is 6.04 Å². The second kappa shape index (κ2) is 4.44. The van der Waals surface area contributed by atoms with Gasteiger partial charge in [0.25, 0.3) is 5.95 Å². The lowest BCUT2D eigenvalue weighted by atomic mass is 10.2. The van der Waals surface area contributed by atoms with Crippen LogP contribution < -0.4 is 10.2 Å². The van der Waals surface area contributed by atoms with Crippen molar-refractivity contribution in [2.45, 2.75) is 12.5 Å². The molecule has 0 bridgehead atoms. The molecule has 3 aromatic heterocycles. The first kappa shape index (κ1) is 11.1. The SMILES string of the molecule is c1nc(NC2CCN(c3ncon3)C2)c2cn[nH]c2n1. The number of aromatic amines is 1. The van der Waals surface area contributed by atoms with E-state index < -0.39 is 0 Å². The fourth-order valence-electron chi connectivity index (χ4n) is 2.44. The highest BCUT2D eigenvalue weighted by atomic mass is 16.5. The fourth-order valence-corrected chi connectivity index (χ4v) is 2.44. The molecule has 102 valence electrons. The maximum Gasteiger partial charge on any atom is 0.265 e. The molecule has 0 saturated carbocycles. The second-order valence-electron chi connectivity index (χ2n) is 4.66. The lowest BCUT2D eigenvalue weighted by molar-refractivity contribution is 0.417. The molecule has 1 saturated heterocycles. The van der Waals surface area contributed by atoms with E-state index in [1.54, 1.807) is 6.20 Å². The predicted molar refractivity (Wildman–Crippen MR) is 70.2 cm³/mol. The summed E-state index contributed by atoms with van der Waals surface area (Å²) in [6.07, 6.45) is 5.58. The van der Waals surface area contributed by atoms with Crippen LogP contribution in [0, 0.1) is 0 Å². The van der Waals surface area contributed by atoms with Crippen molar-refractivity contribution >= 4 is 22.8 Å². The minimum atomic E-state index is 0.279. The molecular weight excluding hydrogens is 260 g/mol. The van der Waals surface area contributed by atoms with Gasteiger partial charge in [0, 0.05) is 19.1 Å². The van der Waals surface area contributed by atoms with Gasteiger partial charge in [-0.1, -0.05) is 0 Å². The Balaban J connectivity index is 1.51. The fraction of sp³-hybridized carbons (Fsp3) is 0.364. The monoisotopic (exact) mass is 272 g/mol. The van der Waals surface area contributed by atoms with Gasteiger partial charge in [0.15, 0.2) is 5.65 Å². The van der Waals surface area contributed by atoms with Crippen molar-refractivity contribution in [2.75, 3.05) is 23.3 Å². The van der Waals surface area contributed by atoms with Crippen molar-refractivity contribution in [3.63, 3.8) is 0 Å². The van der Waals surface area contributed by atoms with Crippen molar-refractivity contribution in [1.29, 1.82) is 0 Å². The third-order valence-electron chi connectivity index (χ3n) is 3.41. The van der Waals surface area contributed by atoms with Crippen molar-refractivity contribution in [3.8, 4) is 0 Å². The zero-order chi connectivity index (χ0) is 13.4.